The molecule has 0 aromatic rings. The predicted octanol–water partition coefficient (Wildman–Crippen LogP) is -2.15. The number of hydrogen-bond donors (Lipinski definition) is 0. The summed E-state index contributed by atoms with van der Waals surface area (Å²) < 4.78 is 1.13. The highest BCUT2D eigenvalue weighted by Gasteiger charge is 2.50. The van der Waals surface area contributed by atoms with Crippen LogP contribution in [0.25, 0.3) is 0 Å². The second-order valence-electron chi connectivity index (χ2n) is 4.17. The van der Waals surface area contributed by atoms with Gasteiger partial charge in [-0.3, -0.25) is 0 Å². The third-order valence-corrected chi connectivity index (χ3v) is 3.61. The molecule has 3 heteroatoms. The number of halogens is 1. The van der Waals surface area contributed by atoms with Gasteiger partial charge in [-0.2, -0.15) is 5.01 Å². The second kappa shape index (κ2) is 2.85. The Morgan fingerprint density at radius 2 is 1.91 bits per heavy atom. The SMILES string of the molecule is CN1C2CCC(C2)[N+]1(C)C.[I-]. The van der Waals surface area contributed by atoms with Crippen LogP contribution in [-0.4, -0.2) is 42.8 Å². The maximum atomic E-state index is 2.51. The van der Waals surface area contributed by atoms with Crippen molar-refractivity contribution in [2.24, 2.45) is 0 Å². The van der Waals surface area contributed by atoms with Crippen molar-refractivity contribution < 1.29 is 28.6 Å². The molecule has 0 spiro atoms. The zero-order valence-corrected chi connectivity index (χ0v) is 9.71. The Hall–Kier alpha value is 0.650. The van der Waals surface area contributed by atoms with E-state index < -0.39 is 0 Å². The Kier molecular flexibility index (Phi) is 2.52. The molecule has 2 nitrogen and oxygen atoms in total. The molecular weight excluding hydrogens is 251 g/mol. The summed E-state index contributed by atoms with van der Waals surface area (Å²) in [7, 11) is 6.90. The van der Waals surface area contributed by atoms with E-state index in [0.717, 1.165) is 16.7 Å². The fourth-order valence-electron chi connectivity index (χ4n) is 2.53. The molecule has 66 valence electrons. The molecule has 0 N–H and O–H groups in total. The van der Waals surface area contributed by atoms with Gasteiger partial charge in [0.05, 0.1) is 20.1 Å². The molecule has 0 aromatic carbocycles. The summed E-state index contributed by atoms with van der Waals surface area (Å²) in [4.78, 5) is 0. The van der Waals surface area contributed by atoms with Gasteiger partial charge in [0, 0.05) is 19.9 Å². The van der Waals surface area contributed by atoms with Crippen LogP contribution in [0.15, 0.2) is 0 Å². The lowest BCUT2D eigenvalue weighted by molar-refractivity contribution is -1.01. The van der Waals surface area contributed by atoms with Gasteiger partial charge in [-0.1, -0.05) is 0 Å². The molecule has 1 aliphatic heterocycles. The summed E-state index contributed by atoms with van der Waals surface area (Å²) in [5.41, 5.74) is 0. The molecule has 1 saturated heterocycles. The van der Waals surface area contributed by atoms with Gasteiger partial charge >= 0.3 is 0 Å². The molecule has 11 heavy (non-hydrogen) atoms. The lowest BCUT2D eigenvalue weighted by Crippen LogP contribution is -3.00. The standard InChI is InChI=1S/C8H17N2.HI/c1-9-7-4-5-8(6-7)10(9,2)3;/h7-8H,4-6H2,1-3H3;1H/q+1;/p-1. The van der Waals surface area contributed by atoms with Gasteiger partial charge in [0.2, 0.25) is 0 Å². The van der Waals surface area contributed by atoms with Crippen molar-refractivity contribution in [2.45, 2.75) is 31.3 Å². The Balaban J connectivity index is 0.000000605. The largest absolute Gasteiger partial charge is 1.00 e. The van der Waals surface area contributed by atoms with E-state index >= 15 is 0 Å². The lowest BCUT2D eigenvalue weighted by atomic mass is 10.2. The van der Waals surface area contributed by atoms with Crippen LogP contribution in [0.1, 0.15) is 19.3 Å². The molecule has 2 fully saturated rings. The van der Waals surface area contributed by atoms with Crippen LogP contribution in [0, 0.1) is 0 Å². The third kappa shape index (κ3) is 1.21. The average Bonchev–Trinajstić information content (AvgIpc) is 2.37. The van der Waals surface area contributed by atoms with Crippen LogP contribution in [0.2, 0.25) is 0 Å². The maximum Gasteiger partial charge on any atom is 0.108 e. The molecule has 2 atom stereocenters. The van der Waals surface area contributed by atoms with Gasteiger partial charge in [-0.25, -0.2) is 4.59 Å². The van der Waals surface area contributed by atoms with Crippen molar-refractivity contribution in [3.63, 3.8) is 0 Å². The molecule has 2 bridgehead atoms. The first kappa shape index (κ1) is 9.74. The highest BCUT2D eigenvalue weighted by atomic mass is 127. The fourth-order valence-corrected chi connectivity index (χ4v) is 2.53. The normalized spacial score (nSPS) is 40.6. The minimum Gasteiger partial charge on any atom is -1.00 e. The number of nitrogens with zero attached hydrogens (tertiary/aromatic N) is 2. The number of fused-ring (bicyclic) bond motifs is 2. The molecule has 1 heterocycles. The van der Waals surface area contributed by atoms with Crippen LogP contribution >= 0.6 is 0 Å². The summed E-state index contributed by atoms with van der Waals surface area (Å²) in [6.07, 6.45) is 4.31. The summed E-state index contributed by atoms with van der Waals surface area (Å²) >= 11 is 0. The first-order valence-electron chi connectivity index (χ1n) is 4.19. The topological polar surface area (TPSA) is 3.24 Å². The highest BCUT2D eigenvalue weighted by molar-refractivity contribution is 4.84. The van der Waals surface area contributed by atoms with E-state index in [1.807, 2.05) is 0 Å². The van der Waals surface area contributed by atoms with E-state index in [9.17, 15) is 0 Å². The summed E-state index contributed by atoms with van der Waals surface area (Å²) in [5.74, 6) is 0. The molecule has 0 amide bonds. The molecule has 1 saturated carbocycles. The summed E-state index contributed by atoms with van der Waals surface area (Å²) in [6, 6.07) is 1.81. The van der Waals surface area contributed by atoms with E-state index in [4.69, 9.17) is 0 Å². The van der Waals surface area contributed by atoms with E-state index in [-0.39, 0.29) is 24.0 Å². The van der Waals surface area contributed by atoms with Crippen LogP contribution in [0.5, 0.6) is 0 Å². The Bertz CT molecular complexity index is 154. The molecular formula is C8H17IN2. The minimum absolute atomic E-state index is 0. The quantitative estimate of drug-likeness (QED) is 0.358. The number of quaternary nitrogens is 1. The first-order valence-corrected chi connectivity index (χ1v) is 4.19. The fraction of sp³-hybridized carbons (Fsp3) is 1.00. The molecule has 1 aliphatic carbocycles. The van der Waals surface area contributed by atoms with Crippen molar-refractivity contribution in [1.29, 1.82) is 0 Å². The van der Waals surface area contributed by atoms with E-state index in [1.165, 1.54) is 19.3 Å². The highest BCUT2D eigenvalue weighted by Crippen LogP contribution is 2.39. The summed E-state index contributed by atoms with van der Waals surface area (Å²) in [6.45, 7) is 0. The van der Waals surface area contributed by atoms with Crippen LogP contribution in [-0.2, 0) is 0 Å². The predicted molar refractivity (Wildman–Crippen MR) is 41.3 cm³/mol. The van der Waals surface area contributed by atoms with E-state index in [0.29, 0.717) is 0 Å². The second-order valence-corrected chi connectivity index (χ2v) is 4.17. The van der Waals surface area contributed by atoms with Crippen molar-refractivity contribution in [3.8, 4) is 0 Å². The maximum absolute atomic E-state index is 2.51. The lowest BCUT2D eigenvalue weighted by Gasteiger charge is -2.40. The van der Waals surface area contributed by atoms with Gasteiger partial charge in [-0.15, -0.1) is 0 Å². The van der Waals surface area contributed by atoms with Gasteiger partial charge in [-0.05, 0) is 6.42 Å². The molecule has 2 unspecified atom stereocenters. The molecule has 2 rings (SSSR count). The molecule has 0 aromatic heterocycles. The van der Waals surface area contributed by atoms with Crippen LogP contribution in [0.4, 0.5) is 0 Å². The van der Waals surface area contributed by atoms with Gasteiger partial charge in [0.1, 0.15) is 6.04 Å². The van der Waals surface area contributed by atoms with E-state index in [1.54, 1.807) is 0 Å². The average molecular weight is 268 g/mol. The first-order chi connectivity index (χ1) is 4.62. The molecule has 0 radical (unpaired) electrons. The smallest absolute Gasteiger partial charge is 0.108 e. The Morgan fingerprint density at radius 1 is 1.27 bits per heavy atom. The zero-order valence-electron chi connectivity index (χ0n) is 7.55. The van der Waals surface area contributed by atoms with Crippen molar-refractivity contribution >= 4 is 0 Å². The van der Waals surface area contributed by atoms with Crippen molar-refractivity contribution in [1.82, 2.24) is 5.01 Å². The van der Waals surface area contributed by atoms with Crippen LogP contribution in [0.3, 0.4) is 0 Å². The number of hydrogen-bond acceptors (Lipinski definition) is 1. The van der Waals surface area contributed by atoms with Crippen molar-refractivity contribution in [2.75, 3.05) is 21.1 Å². The Labute approximate surface area is 86.1 Å². The minimum atomic E-state index is 0. The summed E-state index contributed by atoms with van der Waals surface area (Å²) in [5, 5.41) is 2.51. The third-order valence-electron chi connectivity index (χ3n) is 3.61. The van der Waals surface area contributed by atoms with Crippen molar-refractivity contribution in [3.05, 3.63) is 0 Å². The van der Waals surface area contributed by atoms with Gasteiger partial charge < -0.3 is 24.0 Å². The van der Waals surface area contributed by atoms with E-state index in [2.05, 4.69) is 26.2 Å². The number of rotatable bonds is 0. The van der Waals surface area contributed by atoms with Crippen LogP contribution < -0.4 is 24.0 Å². The monoisotopic (exact) mass is 268 g/mol. The molecule has 2 aliphatic rings. The van der Waals surface area contributed by atoms with Gasteiger partial charge in [0.25, 0.3) is 0 Å². The van der Waals surface area contributed by atoms with Gasteiger partial charge in [0.15, 0.2) is 0 Å². The Morgan fingerprint density at radius 3 is 2.18 bits per heavy atom. The zero-order chi connectivity index (χ0) is 7.35.